The largest absolute Gasteiger partial charge is 0.459 e. The molecule has 1 fully saturated rings. The third kappa shape index (κ3) is 6.83. The molecule has 3 aromatic carbocycles. The fraction of sp³-hybridized carbons (Fsp3) is 0.323. The highest BCUT2D eigenvalue weighted by Crippen LogP contribution is 2.33. The van der Waals surface area contributed by atoms with Gasteiger partial charge in [0, 0.05) is 50.1 Å². The number of amides is 1. The molecule has 6 nitrogen and oxygen atoms in total. The highest BCUT2D eigenvalue weighted by Gasteiger charge is 2.32. The van der Waals surface area contributed by atoms with Crippen LogP contribution >= 0.6 is 11.6 Å². The zero-order chi connectivity index (χ0) is 26.3. The van der Waals surface area contributed by atoms with E-state index in [1.165, 1.54) is 5.56 Å². The van der Waals surface area contributed by atoms with Crippen molar-refractivity contribution in [3.05, 3.63) is 118 Å². The van der Waals surface area contributed by atoms with E-state index in [1.807, 2.05) is 65.6 Å². The van der Waals surface area contributed by atoms with Gasteiger partial charge in [-0.25, -0.2) is 0 Å². The smallest absolute Gasteiger partial charge is 0.288 e. The van der Waals surface area contributed by atoms with Crippen molar-refractivity contribution in [2.75, 3.05) is 26.2 Å². The van der Waals surface area contributed by atoms with E-state index >= 15 is 0 Å². The first-order valence-electron chi connectivity index (χ1n) is 13.1. The van der Waals surface area contributed by atoms with E-state index in [2.05, 4.69) is 29.2 Å². The Labute approximate surface area is 229 Å². The fourth-order valence-corrected chi connectivity index (χ4v) is 5.02. The first kappa shape index (κ1) is 26.4. The Morgan fingerprint density at radius 3 is 2.26 bits per heavy atom. The SMILES string of the molecule is O=C(C1=C[C@@H](c2ccc(Cl)cc2)C[C@@H](OCc2ccc(CO)cc2)O1)N1CCN(Cc2ccccc2)CC1. The Morgan fingerprint density at radius 1 is 0.895 bits per heavy atom. The standard InChI is InChI=1S/C31H33ClN2O4/c32-28-12-10-26(11-13-28)27-18-29(38-30(19-27)37-22-25-8-6-24(21-35)7-9-25)31(36)34-16-14-33(15-17-34)20-23-4-2-1-3-5-23/h1-13,18,27,30,35H,14-17,19-22H2/t27-,30+/m1/s1. The van der Waals surface area contributed by atoms with Crippen LogP contribution in [-0.2, 0) is 34.0 Å². The van der Waals surface area contributed by atoms with Gasteiger partial charge in [0.25, 0.3) is 5.91 Å². The van der Waals surface area contributed by atoms with Gasteiger partial charge < -0.3 is 19.5 Å². The number of hydrogen-bond donors (Lipinski definition) is 1. The first-order chi connectivity index (χ1) is 18.6. The molecule has 0 bridgehead atoms. The molecular weight excluding hydrogens is 500 g/mol. The van der Waals surface area contributed by atoms with Crippen LogP contribution in [0.1, 0.15) is 34.6 Å². The number of halogens is 1. The molecule has 1 amide bonds. The van der Waals surface area contributed by atoms with Crippen LogP contribution in [0.5, 0.6) is 0 Å². The zero-order valence-electron chi connectivity index (χ0n) is 21.3. The summed E-state index contributed by atoms with van der Waals surface area (Å²) in [6.45, 7) is 4.18. The third-order valence-corrected chi connectivity index (χ3v) is 7.37. The van der Waals surface area contributed by atoms with Crippen molar-refractivity contribution in [1.82, 2.24) is 9.80 Å². The monoisotopic (exact) mass is 532 g/mol. The number of piperazine rings is 1. The number of allylic oxidation sites excluding steroid dienone is 1. The van der Waals surface area contributed by atoms with Crippen molar-refractivity contribution < 1.29 is 19.4 Å². The maximum absolute atomic E-state index is 13.6. The molecule has 0 aliphatic carbocycles. The van der Waals surface area contributed by atoms with Crippen LogP contribution in [0, 0.1) is 0 Å². The number of aliphatic hydroxyl groups excluding tert-OH is 1. The highest BCUT2D eigenvalue weighted by atomic mass is 35.5. The second kappa shape index (κ2) is 12.6. The fourth-order valence-electron chi connectivity index (χ4n) is 4.89. The number of aliphatic hydroxyl groups is 1. The number of benzene rings is 3. The van der Waals surface area contributed by atoms with Gasteiger partial charge >= 0.3 is 0 Å². The summed E-state index contributed by atoms with van der Waals surface area (Å²) >= 11 is 6.12. The normalized spacial score (nSPS) is 20.1. The molecule has 7 heteroatoms. The van der Waals surface area contributed by atoms with Crippen molar-refractivity contribution in [2.45, 2.75) is 38.4 Å². The molecule has 1 N–H and O–H groups in total. The van der Waals surface area contributed by atoms with Gasteiger partial charge in [0.2, 0.25) is 6.29 Å². The number of ether oxygens (including phenoxy) is 2. The van der Waals surface area contributed by atoms with Gasteiger partial charge in [0.1, 0.15) is 0 Å². The Balaban J connectivity index is 1.25. The lowest BCUT2D eigenvalue weighted by molar-refractivity contribution is -0.157. The summed E-state index contributed by atoms with van der Waals surface area (Å²) < 4.78 is 12.3. The molecule has 5 rings (SSSR count). The van der Waals surface area contributed by atoms with E-state index in [1.54, 1.807) is 0 Å². The molecule has 0 saturated carbocycles. The summed E-state index contributed by atoms with van der Waals surface area (Å²) in [7, 11) is 0. The van der Waals surface area contributed by atoms with Crippen LogP contribution in [0.3, 0.4) is 0 Å². The molecule has 2 atom stereocenters. The molecule has 0 radical (unpaired) electrons. The molecule has 2 aliphatic rings. The quantitative estimate of drug-likeness (QED) is 0.437. The summed E-state index contributed by atoms with van der Waals surface area (Å²) in [5.41, 5.74) is 4.18. The summed E-state index contributed by atoms with van der Waals surface area (Å²) in [5.74, 6) is 0.221. The molecule has 0 aromatic heterocycles. The summed E-state index contributed by atoms with van der Waals surface area (Å²) in [5, 5.41) is 9.96. The Hall–Kier alpha value is -3.16. The van der Waals surface area contributed by atoms with Crippen molar-refractivity contribution in [2.24, 2.45) is 0 Å². The lowest BCUT2D eigenvalue weighted by Crippen LogP contribution is -2.49. The maximum Gasteiger partial charge on any atom is 0.288 e. The molecular formula is C31H33ClN2O4. The van der Waals surface area contributed by atoms with Crippen molar-refractivity contribution >= 4 is 17.5 Å². The Bertz CT molecular complexity index is 1220. The van der Waals surface area contributed by atoms with E-state index in [0.717, 1.165) is 36.3 Å². The zero-order valence-corrected chi connectivity index (χ0v) is 22.1. The van der Waals surface area contributed by atoms with Crippen LogP contribution in [0.2, 0.25) is 5.02 Å². The van der Waals surface area contributed by atoms with Gasteiger partial charge in [0.05, 0.1) is 13.2 Å². The number of carbonyl (C=O) groups is 1. The number of hydrogen-bond acceptors (Lipinski definition) is 5. The number of rotatable bonds is 8. The van der Waals surface area contributed by atoms with Gasteiger partial charge in [-0.05, 0) is 40.5 Å². The molecule has 3 aromatic rings. The minimum Gasteiger partial charge on any atom is -0.459 e. The van der Waals surface area contributed by atoms with Gasteiger partial charge in [-0.3, -0.25) is 9.69 Å². The molecule has 0 unspecified atom stereocenters. The minimum absolute atomic E-state index is 0.00638. The summed E-state index contributed by atoms with van der Waals surface area (Å²) in [6.07, 6.45) is 1.96. The second-order valence-corrected chi connectivity index (χ2v) is 10.2. The van der Waals surface area contributed by atoms with Crippen LogP contribution in [0.4, 0.5) is 0 Å². The van der Waals surface area contributed by atoms with Crippen LogP contribution in [-0.4, -0.2) is 53.3 Å². The van der Waals surface area contributed by atoms with E-state index in [-0.39, 0.29) is 18.4 Å². The van der Waals surface area contributed by atoms with E-state index in [9.17, 15) is 9.90 Å². The molecule has 2 heterocycles. The van der Waals surface area contributed by atoms with Gasteiger partial charge in [-0.1, -0.05) is 78.3 Å². The Kier molecular flexibility index (Phi) is 8.76. The van der Waals surface area contributed by atoms with Crippen LogP contribution < -0.4 is 0 Å². The summed E-state index contributed by atoms with van der Waals surface area (Å²) in [4.78, 5) is 17.8. The maximum atomic E-state index is 13.6. The topological polar surface area (TPSA) is 62.2 Å². The number of carbonyl (C=O) groups excluding carboxylic acids is 1. The van der Waals surface area contributed by atoms with Crippen LogP contribution in [0.25, 0.3) is 0 Å². The first-order valence-corrected chi connectivity index (χ1v) is 13.4. The minimum atomic E-state index is -0.559. The van der Waals surface area contributed by atoms with Crippen molar-refractivity contribution in [1.29, 1.82) is 0 Å². The van der Waals surface area contributed by atoms with Crippen molar-refractivity contribution in [3.63, 3.8) is 0 Å². The average molecular weight is 533 g/mol. The van der Waals surface area contributed by atoms with Crippen molar-refractivity contribution in [3.8, 4) is 0 Å². The van der Waals surface area contributed by atoms with Gasteiger partial charge in [0.15, 0.2) is 5.76 Å². The molecule has 38 heavy (non-hydrogen) atoms. The Morgan fingerprint density at radius 2 is 1.58 bits per heavy atom. The number of nitrogens with zero attached hydrogens (tertiary/aromatic N) is 2. The lowest BCUT2D eigenvalue weighted by atomic mass is 9.93. The highest BCUT2D eigenvalue weighted by molar-refractivity contribution is 6.30. The molecule has 0 spiro atoms. The average Bonchev–Trinajstić information content (AvgIpc) is 2.97. The van der Waals surface area contributed by atoms with E-state index < -0.39 is 6.29 Å². The predicted molar refractivity (Wildman–Crippen MR) is 147 cm³/mol. The van der Waals surface area contributed by atoms with E-state index in [4.69, 9.17) is 21.1 Å². The van der Waals surface area contributed by atoms with E-state index in [0.29, 0.717) is 36.9 Å². The second-order valence-electron chi connectivity index (χ2n) is 9.81. The molecule has 2 aliphatic heterocycles. The third-order valence-electron chi connectivity index (χ3n) is 7.12. The molecule has 1 saturated heterocycles. The molecule has 198 valence electrons. The lowest BCUT2D eigenvalue weighted by Gasteiger charge is -2.36. The predicted octanol–water partition coefficient (Wildman–Crippen LogP) is 5.11. The summed E-state index contributed by atoms with van der Waals surface area (Å²) in [6, 6.07) is 25.7. The van der Waals surface area contributed by atoms with Gasteiger partial charge in [-0.15, -0.1) is 0 Å². The van der Waals surface area contributed by atoms with Crippen LogP contribution in [0.15, 0.2) is 90.7 Å². The van der Waals surface area contributed by atoms with Gasteiger partial charge in [-0.2, -0.15) is 0 Å².